The van der Waals surface area contributed by atoms with Crippen molar-refractivity contribution in [3.63, 3.8) is 0 Å². The van der Waals surface area contributed by atoms with Gasteiger partial charge in [0.1, 0.15) is 5.82 Å². The fraction of sp³-hybridized carbons (Fsp3) is 0.455. The summed E-state index contributed by atoms with van der Waals surface area (Å²) < 4.78 is 1.94. The van der Waals surface area contributed by atoms with E-state index in [2.05, 4.69) is 31.0 Å². The smallest absolute Gasteiger partial charge is 0.160 e. The van der Waals surface area contributed by atoms with E-state index in [-0.39, 0.29) is 0 Å². The van der Waals surface area contributed by atoms with Crippen LogP contribution in [0.25, 0.3) is 5.65 Å². The number of aryl methyl sites for hydroxylation is 1. The molecular formula is C11H17N3. The van der Waals surface area contributed by atoms with Crippen LogP contribution in [-0.2, 0) is 0 Å². The molecule has 0 aliphatic rings. The molecule has 0 fully saturated rings. The Bertz CT molecular complexity index is 387. The van der Waals surface area contributed by atoms with Crippen LogP contribution >= 0.6 is 0 Å². The van der Waals surface area contributed by atoms with Crippen molar-refractivity contribution in [2.75, 3.05) is 0 Å². The fourth-order valence-corrected chi connectivity index (χ4v) is 0.961. The third-order valence-corrected chi connectivity index (χ3v) is 1.48. The second kappa shape index (κ2) is 4.74. The molecule has 0 amide bonds. The Morgan fingerprint density at radius 2 is 1.79 bits per heavy atom. The van der Waals surface area contributed by atoms with Gasteiger partial charge >= 0.3 is 0 Å². The second-order valence-corrected chi connectivity index (χ2v) is 3.91. The summed E-state index contributed by atoms with van der Waals surface area (Å²) in [5, 5.41) is 7.84. The van der Waals surface area contributed by atoms with E-state index in [4.69, 9.17) is 0 Å². The van der Waals surface area contributed by atoms with Gasteiger partial charge in [-0.05, 0) is 25.0 Å². The van der Waals surface area contributed by atoms with Gasteiger partial charge in [0, 0.05) is 6.20 Å². The maximum absolute atomic E-state index is 3.93. The lowest BCUT2D eigenvalue weighted by Gasteiger charge is -1.89. The minimum atomic E-state index is 0.833. The molecule has 14 heavy (non-hydrogen) atoms. The van der Waals surface area contributed by atoms with Crippen LogP contribution in [0.15, 0.2) is 24.4 Å². The summed E-state index contributed by atoms with van der Waals surface area (Å²) in [5.41, 5.74) is 0.903. The highest BCUT2D eigenvalue weighted by atomic mass is 15.2. The molecule has 2 rings (SSSR count). The molecule has 0 bridgehead atoms. The molecule has 3 heteroatoms. The minimum absolute atomic E-state index is 0.833. The second-order valence-electron chi connectivity index (χ2n) is 3.91. The number of fused-ring (bicyclic) bond motifs is 1. The predicted octanol–water partition coefficient (Wildman–Crippen LogP) is 2.70. The van der Waals surface area contributed by atoms with Crippen LogP contribution in [-0.4, -0.2) is 14.6 Å². The standard InChI is InChI=1S/C7H7N3.C4H10/c1-6-8-9-7-4-2-3-5-10(6)7;1-4(2)3/h2-5H,1H3;4H,1-3H3. The van der Waals surface area contributed by atoms with Crippen LogP contribution in [0.3, 0.4) is 0 Å². The third-order valence-electron chi connectivity index (χ3n) is 1.48. The molecule has 0 saturated carbocycles. The molecule has 2 aromatic heterocycles. The van der Waals surface area contributed by atoms with E-state index in [0.717, 1.165) is 17.4 Å². The highest BCUT2D eigenvalue weighted by Crippen LogP contribution is 1.99. The first-order chi connectivity index (χ1) is 6.61. The first-order valence-electron chi connectivity index (χ1n) is 4.87. The molecule has 0 aliphatic heterocycles. The van der Waals surface area contributed by atoms with Crippen LogP contribution in [0.4, 0.5) is 0 Å². The molecule has 2 aromatic rings. The zero-order valence-electron chi connectivity index (χ0n) is 9.23. The summed E-state index contributed by atoms with van der Waals surface area (Å²) in [6.45, 7) is 8.43. The Hall–Kier alpha value is -1.38. The molecular weight excluding hydrogens is 174 g/mol. The molecule has 0 saturated heterocycles. The Kier molecular flexibility index (Phi) is 3.63. The van der Waals surface area contributed by atoms with Gasteiger partial charge in [-0.2, -0.15) is 0 Å². The number of rotatable bonds is 0. The maximum atomic E-state index is 3.93. The monoisotopic (exact) mass is 191 g/mol. The van der Waals surface area contributed by atoms with E-state index in [0.29, 0.717) is 0 Å². The van der Waals surface area contributed by atoms with E-state index in [1.165, 1.54) is 0 Å². The molecule has 0 aromatic carbocycles. The van der Waals surface area contributed by atoms with Crippen molar-refractivity contribution >= 4 is 5.65 Å². The van der Waals surface area contributed by atoms with Gasteiger partial charge in [0.05, 0.1) is 0 Å². The summed E-state index contributed by atoms with van der Waals surface area (Å²) in [5.74, 6) is 1.76. The van der Waals surface area contributed by atoms with E-state index in [9.17, 15) is 0 Å². The lowest BCUT2D eigenvalue weighted by atomic mass is 10.3. The van der Waals surface area contributed by atoms with Gasteiger partial charge in [0.25, 0.3) is 0 Å². The van der Waals surface area contributed by atoms with E-state index in [1.54, 1.807) is 0 Å². The van der Waals surface area contributed by atoms with Gasteiger partial charge in [-0.25, -0.2) is 0 Å². The van der Waals surface area contributed by atoms with E-state index < -0.39 is 0 Å². The molecule has 0 N–H and O–H groups in total. The zero-order chi connectivity index (χ0) is 10.6. The topological polar surface area (TPSA) is 30.2 Å². The Morgan fingerprint density at radius 1 is 1.14 bits per heavy atom. The summed E-state index contributed by atoms with van der Waals surface area (Å²) >= 11 is 0. The lowest BCUT2D eigenvalue weighted by molar-refractivity contribution is 0.737. The van der Waals surface area contributed by atoms with Crippen molar-refractivity contribution in [2.24, 2.45) is 5.92 Å². The molecule has 0 radical (unpaired) electrons. The SMILES string of the molecule is CC(C)C.Cc1nnc2ccccn12. The predicted molar refractivity (Wildman–Crippen MR) is 58.2 cm³/mol. The van der Waals surface area contributed by atoms with Crippen LogP contribution in [0.1, 0.15) is 26.6 Å². The van der Waals surface area contributed by atoms with Crippen LogP contribution in [0.2, 0.25) is 0 Å². The molecule has 76 valence electrons. The summed E-state index contributed by atoms with van der Waals surface area (Å²) in [6, 6.07) is 5.84. The van der Waals surface area contributed by atoms with Crippen LogP contribution in [0, 0.1) is 12.8 Å². The van der Waals surface area contributed by atoms with Gasteiger partial charge < -0.3 is 0 Å². The first kappa shape index (κ1) is 10.7. The van der Waals surface area contributed by atoms with Crippen molar-refractivity contribution in [3.05, 3.63) is 30.2 Å². The fourth-order valence-electron chi connectivity index (χ4n) is 0.961. The Labute approximate surface area is 84.8 Å². The van der Waals surface area contributed by atoms with Crippen molar-refractivity contribution in [2.45, 2.75) is 27.7 Å². The average molecular weight is 191 g/mol. The summed E-state index contributed by atoms with van der Waals surface area (Å²) in [6.07, 6.45) is 1.95. The van der Waals surface area contributed by atoms with Gasteiger partial charge in [-0.15, -0.1) is 10.2 Å². The number of aromatic nitrogens is 3. The highest BCUT2D eigenvalue weighted by molar-refractivity contribution is 5.36. The largest absolute Gasteiger partial charge is 0.287 e. The van der Waals surface area contributed by atoms with Crippen molar-refractivity contribution in [1.29, 1.82) is 0 Å². The number of hydrogen-bond acceptors (Lipinski definition) is 2. The Morgan fingerprint density at radius 3 is 2.36 bits per heavy atom. The van der Waals surface area contributed by atoms with Gasteiger partial charge in [-0.3, -0.25) is 4.40 Å². The van der Waals surface area contributed by atoms with Crippen molar-refractivity contribution < 1.29 is 0 Å². The molecule has 0 atom stereocenters. The number of nitrogens with zero attached hydrogens (tertiary/aromatic N) is 3. The van der Waals surface area contributed by atoms with Crippen LogP contribution < -0.4 is 0 Å². The van der Waals surface area contributed by atoms with E-state index >= 15 is 0 Å². The quantitative estimate of drug-likeness (QED) is 0.641. The highest BCUT2D eigenvalue weighted by Gasteiger charge is 1.95. The summed E-state index contributed by atoms with van der Waals surface area (Å²) in [7, 11) is 0. The number of hydrogen-bond donors (Lipinski definition) is 0. The van der Waals surface area contributed by atoms with Gasteiger partial charge in [0.15, 0.2) is 5.65 Å². The number of pyridine rings is 1. The summed E-state index contributed by atoms with van der Waals surface area (Å²) in [4.78, 5) is 0. The molecule has 0 spiro atoms. The minimum Gasteiger partial charge on any atom is -0.287 e. The average Bonchev–Trinajstić information content (AvgIpc) is 2.48. The van der Waals surface area contributed by atoms with Gasteiger partial charge in [0.2, 0.25) is 0 Å². The van der Waals surface area contributed by atoms with Crippen molar-refractivity contribution in [1.82, 2.24) is 14.6 Å². The zero-order valence-corrected chi connectivity index (χ0v) is 9.23. The molecule has 0 aliphatic carbocycles. The first-order valence-corrected chi connectivity index (χ1v) is 4.87. The van der Waals surface area contributed by atoms with Gasteiger partial charge in [-0.1, -0.05) is 26.8 Å². The third kappa shape index (κ3) is 2.83. The van der Waals surface area contributed by atoms with Crippen molar-refractivity contribution in [3.8, 4) is 0 Å². The lowest BCUT2D eigenvalue weighted by Crippen LogP contribution is -1.84. The van der Waals surface area contributed by atoms with Crippen LogP contribution in [0.5, 0.6) is 0 Å². The Balaban J connectivity index is 0.000000213. The normalized spacial score (nSPS) is 10.1. The molecule has 3 nitrogen and oxygen atoms in total. The molecule has 2 heterocycles. The van der Waals surface area contributed by atoms with E-state index in [1.807, 2.05) is 35.7 Å². The maximum Gasteiger partial charge on any atom is 0.160 e. The molecule has 0 unspecified atom stereocenters.